The Kier molecular flexibility index (Phi) is 2.46. The third-order valence-electron chi connectivity index (χ3n) is 2.36. The standard InChI is InChI=1S/C11H11ClO2/c1-7(13)11(12)9-2-3-10-8(6-9)4-5-14-10/h2-3,6,11H,4-5H2,1H3. The van der Waals surface area contributed by atoms with Crippen LogP contribution in [0.15, 0.2) is 18.2 Å². The fourth-order valence-electron chi connectivity index (χ4n) is 1.60. The molecular weight excluding hydrogens is 200 g/mol. The molecule has 2 nitrogen and oxygen atoms in total. The number of carbonyl (C=O) groups excluding carboxylic acids is 1. The lowest BCUT2D eigenvalue weighted by Crippen LogP contribution is -2.01. The summed E-state index contributed by atoms with van der Waals surface area (Å²) >= 11 is 5.95. The van der Waals surface area contributed by atoms with Gasteiger partial charge >= 0.3 is 0 Å². The number of alkyl halides is 1. The Morgan fingerprint density at radius 2 is 2.36 bits per heavy atom. The van der Waals surface area contributed by atoms with Crippen LogP contribution in [0.2, 0.25) is 0 Å². The molecule has 0 saturated heterocycles. The van der Waals surface area contributed by atoms with Gasteiger partial charge in [0.25, 0.3) is 0 Å². The molecule has 1 aromatic carbocycles. The predicted octanol–water partition coefficient (Wildman–Crippen LogP) is 2.49. The molecule has 1 atom stereocenters. The molecular formula is C11H11ClO2. The van der Waals surface area contributed by atoms with Crippen LogP contribution < -0.4 is 4.74 Å². The zero-order valence-electron chi connectivity index (χ0n) is 7.92. The molecule has 0 amide bonds. The van der Waals surface area contributed by atoms with Crippen molar-refractivity contribution >= 4 is 17.4 Å². The van der Waals surface area contributed by atoms with Gasteiger partial charge in [0.15, 0.2) is 5.78 Å². The third kappa shape index (κ3) is 1.62. The molecule has 0 fully saturated rings. The van der Waals surface area contributed by atoms with E-state index in [4.69, 9.17) is 16.3 Å². The van der Waals surface area contributed by atoms with Crippen LogP contribution in [0, 0.1) is 0 Å². The number of rotatable bonds is 2. The number of halogens is 1. The monoisotopic (exact) mass is 210 g/mol. The summed E-state index contributed by atoms with van der Waals surface area (Å²) in [4.78, 5) is 11.1. The molecule has 0 bridgehead atoms. The summed E-state index contributed by atoms with van der Waals surface area (Å²) in [6.07, 6.45) is 0.907. The van der Waals surface area contributed by atoms with Crippen molar-refractivity contribution in [3.63, 3.8) is 0 Å². The molecule has 1 unspecified atom stereocenters. The Hall–Kier alpha value is -1.02. The van der Waals surface area contributed by atoms with Crippen molar-refractivity contribution in [2.24, 2.45) is 0 Å². The maximum Gasteiger partial charge on any atom is 0.152 e. The van der Waals surface area contributed by atoms with Gasteiger partial charge in [0.2, 0.25) is 0 Å². The molecule has 0 spiro atoms. The molecule has 14 heavy (non-hydrogen) atoms. The van der Waals surface area contributed by atoms with Crippen molar-refractivity contribution < 1.29 is 9.53 Å². The third-order valence-corrected chi connectivity index (χ3v) is 2.92. The van der Waals surface area contributed by atoms with E-state index in [0.29, 0.717) is 0 Å². The summed E-state index contributed by atoms with van der Waals surface area (Å²) in [7, 11) is 0. The first-order valence-electron chi connectivity index (χ1n) is 4.58. The van der Waals surface area contributed by atoms with E-state index in [1.807, 2.05) is 18.2 Å². The highest BCUT2D eigenvalue weighted by Gasteiger charge is 2.17. The van der Waals surface area contributed by atoms with Gasteiger partial charge in [-0.3, -0.25) is 4.79 Å². The Labute approximate surface area is 87.8 Å². The molecule has 74 valence electrons. The lowest BCUT2D eigenvalue weighted by atomic mass is 10.0. The van der Waals surface area contributed by atoms with Gasteiger partial charge in [-0.25, -0.2) is 0 Å². The minimum atomic E-state index is -0.527. The quantitative estimate of drug-likeness (QED) is 0.702. The Morgan fingerprint density at radius 3 is 3.07 bits per heavy atom. The lowest BCUT2D eigenvalue weighted by molar-refractivity contribution is -0.116. The highest BCUT2D eigenvalue weighted by atomic mass is 35.5. The van der Waals surface area contributed by atoms with E-state index < -0.39 is 5.38 Å². The van der Waals surface area contributed by atoms with E-state index in [9.17, 15) is 4.79 Å². The van der Waals surface area contributed by atoms with E-state index in [2.05, 4.69) is 0 Å². The minimum Gasteiger partial charge on any atom is -0.493 e. The molecule has 1 aliphatic rings. The van der Waals surface area contributed by atoms with E-state index in [0.717, 1.165) is 29.9 Å². The number of hydrogen-bond donors (Lipinski definition) is 0. The van der Waals surface area contributed by atoms with Crippen molar-refractivity contribution in [2.75, 3.05) is 6.61 Å². The van der Waals surface area contributed by atoms with Crippen LogP contribution in [0.4, 0.5) is 0 Å². The number of ether oxygens (including phenoxy) is 1. The molecule has 1 aromatic rings. The molecule has 2 rings (SSSR count). The van der Waals surface area contributed by atoms with Crippen molar-refractivity contribution in [3.8, 4) is 5.75 Å². The second-order valence-electron chi connectivity index (χ2n) is 3.44. The Bertz CT molecular complexity index is 374. The van der Waals surface area contributed by atoms with Crippen LogP contribution in [0.5, 0.6) is 5.75 Å². The minimum absolute atomic E-state index is 0.0227. The molecule has 3 heteroatoms. The number of ketones is 1. The maximum atomic E-state index is 11.1. The zero-order chi connectivity index (χ0) is 10.1. The van der Waals surface area contributed by atoms with Crippen molar-refractivity contribution in [1.82, 2.24) is 0 Å². The fourth-order valence-corrected chi connectivity index (χ4v) is 1.73. The number of hydrogen-bond acceptors (Lipinski definition) is 2. The average molecular weight is 211 g/mol. The van der Waals surface area contributed by atoms with Crippen LogP contribution in [0.25, 0.3) is 0 Å². The average Bonchev–Trinajstić information content (AvgIpc) is 2.62. The molecule has 0 N–H and O–H groups in total. The summed E-state index contributed by atoms with van der Waals surface area (Å²) in [6.45, 7) is 2.23. The second-order valence-corrected chi connectivity index (χ2v) is 3.88. The molecule has 0 radical (unpaired) electrons. The zero-order valence-corrected chi connectivity index (χ0v) is 8.67. The van der Waals surface area contributed by atoms with Gasteiger partial charge in [-0.05, 0) is 24.1 Å². The maximum absolute atomic E-state index is 11.1. The number of Topliss-reactive ketones (excluding diaryl/α,β-unsaturated/α-hetero) is 1. The largest absolute Gasteiger partial charge is 0.493 e. The smallest absolute Gasteiger partial charge is 0.152 e. The van der Waals surface area contributed by atoms with Gasteiger partial charge in [-0.2, -0.15) is 0 Å². The summed E-state index contributed by atoms with van der Waals surface area (Å²) in [6, 6.07) is 5.70. The van der Waals surface area contributed by atoms with Crippen molar-refractivity contribution in [2.45, 2.75) is 18.7 Å². The SMILES string of the molecule is CC(=O)C(Cl)c1ccc2c(c1)CCO2. The highest BCUT2D eigenvalue weighted by molar-refractivity contribution is 6.30. The van der Waals surface area contributed by atoms with Gasteiger partial charge in [-0.15, -0.1) is 11.6 Å². The van der Waals surface area contributed by atoms with Crippen molar-refractivity contribution in [3.05, 3.63) is 29.3 Å². The molecule has 0 saturated carbocycles. The summed E-state index contributed by atoms with van der Waals surface area (Å²) in [5, 5.41) is -0.527. The van der Waals surface area contributed by atoms with Crippen LogP contribution >= 0.6 is 11.6 Å². The molecule has 1 aliphatic heterocycles. The predicted molar refractivity (Wildman–Crippen MR) is 54.9 cm³/mol. The van der Waals surface area contributed by atoms with Gasteiger partial charge in [0.1, 0.15) is 11.1 Å². The van der Waals surface area contributed by atoms with Crippen LogP contribution in [0.1, 0.15) is 23.4 Å². The first kappa shape index (κ1) is 9.53. The first-order chi connectivity index (χ1) is 6.68. The van der Waals surface area contributed by atoms with Crippen LogP contribution in [-0.2, 0) is 11.2 Å². The fraction of sp³-hybridized carbons (Fsp3) is 0.364. The van der Waals surface area contributed by atoms with Gasteiger partial charge in [0.05, 0.1) is 6.61 Å². The lowest BCUT2D eigenvalue weighted by Gasteiger charge is -2.07. The van der Waals surface area contributed by atoms with Crippen LogP contribution in [-0.4, -0.2) is 12.4 Å². The molecule has 0 aromatic heterocycles. The number of fused-ring (bicyclic) bond motifs is 1. The first-order valence-corrected chi connectivity index (χ1v) is 5.02. The number of carbonyl (C=O) groups is 1. The van der Waals surface area contributed by atoms with Gasteiger partial charge < -0.3 is 4.74 Å². The Morgan fingerprint density at radius 1 is 1.57 bits per heavy atom. The van der Waals surface area contributed by atoms with E-state index >= 15 is 0 Å². The molecule has 0 aliphatic carbocycles. The summed E-state index contributed by atoms with van der Waals surface area (Å²) in [5.41, 5.74) is 2.01. The van der Waals surface area contributed by atoms with Crippen molar-refractivity contribution in [1.29, 1.82) is 0 Å². The van der Waals surface area contributed by atoms with Gasteiger partial charge in [0, 0.05) is 6.42 Å². The summed E-state index contributed by atoms with van der Waals surface area (Å²) < 4.78 is 5.37. The Balaban J connectivity index is 2.33. The van der Waals surface area contributed by atoms with E-state index in [1.165, 1.54) is 6.92 Å². The normalized spacial score (nSPS) is 15.9. The topological polar surface area (TPSA) is 26.3 Å². The van der Waals surface area contributed by atoms with E-state index in [-0.39, 0.29) is 5.78 Å². The molecule has 1 heterocycles. The van der Waals surface area contributed by atoms with Gasteiger partial charge in [-0.1, -0.05) is 12.1 Å². The van der Waals surface area contributed by atoms with Crippen LogP contribution in [0.3, 0.4) is 0 Å². The highest BCUT2D eigenvalue weighted by Crippen LogP contribution is 2.30. The van der Waals surface area contributed by atoms with E-state index in [1.54, 1.807) is 0 Å². The summed E-state index contributed by atoms with van der Waals surface area (Å²) in [5.74, 6) is 0.895. The number of benzene rings is 1. The second kappa shape index (κ2) is 3.62.